The van der Waals surface area contributed by atoms with Crippen molar-refractivity contribution >= 4 is 35.4 Å². The van der Waals surface area contributed by atoms with Crippen molar-refractivity contribution in [2.24, 2.45) is 4.99 Å². The Bertz CT molecular complexity index is 1820. The van der Waals surface area contributed by atoms with E-state index in [-0.39, 0.29) is 11.7 Å². The second kappa shape index (κ2) is 12.2. The number of carbonyl (C=O) groups is 1. The number of halogens is 2. The number of aliphatic imine (C=N–C) groups is 1. The average Bonchev–Trinajstić information content (AvgIpc) is 3.17. The first-order chi connectivity index (χ1) is 20.5. The lowest BCUT2D eigenvalue weighted by Crippen LogP contribution is -2.25. The van der Waals surface area contributed by atoms with E-state index in [2.05, 4.69) is 15.3 Å². The lowest BCUT2D eigenvalue weighted by Gasteiger charge is -2.12. The molecule has 1 aliphatic heterocycles. The predicted octanol–water partition coefficient (Wildman–Crippen LogP) is 6.83. The van der Waals surface area contributed by atoms with Crippen LogP contribution in [0.3, 0.4) is 0 Å². The van der Waals surface area contributed by atoms with Crippen LogP contribution in [0.15, 0.2) is 102 Å². The Kier molecular flexibility index (Phi) is 7.92. The fourth-order valence-corrected chi connectivity index (χ4v) is 4.94. The van der Waals surface area contributed by atoms with Crippen molar-refractivity contribution in [3.63, 3.8) is 0 Å². The Morgan fingerprint density at radius 3 is 2.55 bits per heavy atom. The van der Waals surface area contributed by atoms with Crippen LogP contribution in [0.4, 0.5) is 4.39 Å². The van der Waals surface area contributed by atoms with E-state index in [0.717, 1.165) is 28.1 Å². The standard InChI is InChI=1S/C34H25ClFN5O/c35-25-13-14-27-29(19-25)33(28-6-1-2-7-30(28)36)40-21-24-20-39-31(41-32(24)27)15-10-22-8-11-23(12-9-22)34(42)38-18-16-26-5-3-4-17-37-26/h1-15,17,19-20H,16,18,21H2,(H,38,42)/b15-10-. The predicted molar refractivity (Wildman–Crippen MR) is 164 cm³/mol. The summed E-state index contributed by atoms with van der Waals surface area (Å²) < 4.78 is 14.8. The fourth-order valence-electron chi connectivity index (χ4n) is 4.77. The fraction of sp³-hybridized carbons (Fsp3) is 0.0882. The van der Waals surface area contributed by atoms with Crippen LogP contribution in [0.25, 0.3) is 23.4 Å². The molecular weight excluding hydrogens is 549 g/mol. The highest BCUT2D eigenvalue weighted by Gasteiger charge is 2.22. The summed E-state index contributed by atoms with van der Waals surface area (Å²) in [6.45, 7) is 0.815. The van der Waals surface area contributed by atoms with Gasteiger partial charge in [-0.2, -0.15) is 0 Å². The smallest absolute Gasteiger partial charge is 0.251 e. The Labute approximate surface area is 247 Å². The van der Waals surface area contributed by atoms with Gasteiger partial charge in [-0.15, -0.1) is 0 Å². The summed E-state index contributed by atoms with van der Waals surface area (Å²) in [5, 5.41) is 3.46. The summed E-state index contributed by atoms with van der Waals surface area (Å²) in [5.74, 6) is 0.0300. The van der Waals surface area contributed by atoms with Gasteiger partial charge in [-0.3, -0.25) is 14.8 Å². The summed E-state index contributed by atoms with van der Waals surface area (Å²) in [6.07, 6.45) is 7.88. The molecule has 6 nitrogen and oxygen atoms in total. The molecule has 0 unspecified atom stereocenters. The van der Waals surface area contributed by atoms with Gasteiger partial charge in [-0.1, -0.05) is 54.1 Å². The number of rotatable bonds is 7. The zero-order chi connectivity index (χ0) is 28.9. The number of aromatic nitrogens is 3. The van der Waals surface area contributed by atoms with E-state index in [1.807, 2.05) is 48.6 Å². The third-order valence-corrected chi connectivity index (χ3v) is 7.14. The van der Waals surface area contributed by atoms with Crippen molar-refractivity contribution in [2.75, 3.05) is 6.54 Å². The minimum atomic E-state index is -0.351. The lowest BCUT2D eigenvalue weighted by atomic mass is 9.95. The molecule has 42 heavy (non-hydrogen) atoms. The van der Waals surface area contributed by atoms with E-state index < -0.39 is 0 Å². The van der Waals surface area contributed by atoms with Gasteiger partial charge in [-0.05, 0) is 60.2 Å². The number of hydrogen-bond donors (Lipinski definition) is 1. The summed E-state index contributed by atoms with van der Waals surface area (Å²) >= 11 is 6.36. The van der Waals surface area contributed by atoms with Gasteiger partial charge in [-0.25, -0.2) is 14.4 Å². The van der Waals surface area contributed by atoms with Crippen molar-refractivity contribution in [1.29, 1.82) is 0 Å². The van der Waals surface area contributed by atoms with Crippen molar-refractivity contribution in [3.8, 4) is 11.3 Å². The maximum absolute atomic E-state index is 14.8. The van der Waals surface area contributed by atoms with Crippen LogP contribution in [0.2, 0.25) is 5.02 Å². The van der Waals surface area contributed by atoms with Crippen LogP contribution in [0, 0.1) is 5.82 Å². The van der Waals surface area contributed by atoms with Gasteiger partial charge in [0.05, 0.1) is 18.0 Å². The third kappa shape index (κ3) is 6.01. The van der Waals surface area contributed by atoms with Gasteiger partial charge in [0.1, 0.15) is 5.82 Å². The molecule has 5 aromatic rings. The highest BCUT2D eigenvalue weighted by molar-refractivity contribution is 6.31. The van der Waals surface area contributed by atoms with E-state index >= 15 is 0 Å². The molecule has 0 atom stereocenters. The van der Waals surface area contributed by atoms with Gasteiger partial charge in [0.2, 0.25) is 0 Å². The van der Waals surface area contributed by atoms with Crippen molar-refractivity contribution in [1.82, 2.24) is 20.3 Å². The first kappa shape index (κ1) is 27.2. The first-order valence-corrected chi connectivity index (χ1v) is 13.8. The van der Waals surface area contributed by atoms with Gasteiger partial charge >= 0.3 is 0 Å². The van der Waals surface area contributed by atoms with E-state index in [1.165, 1.54) is 6.07 Å². The van der Waals surface area contributed by atoms with E-state index in [0.29, 0.717) is 52.8 Å². The van der Waals surface area contributed by atoms with Crippen molar-refractivity contribution in [2.45, 2.75) is 13.0 Å². The number of carbonyl (C=O) groups excluding carboxylic acids is 1. The normalized spacial score (nSPS) is 12.3. The Balaban J connectivity index is 1.20. The molecule has 0 radical (unpaired) electrons. The molecule has 3 heterocycles. The highest BCUT2D eigenvalue weighted by Crippen LogP contribution is 2.33. The van der Waals surface area contributed by atoms with Gasteiger partial charge < -0.3 is 5.32 Å². The Hall–Kier alpha value is -5.01. The second-order valence-corrected chi connectivity index (χ2v) is 10.2. The van der Waals surface area contributed by atoms with Crippen molar-refractivity contribution in [3.05, 3.63) is 147 Å². The largest absolute Gasteiger partial charge is 0.352 e. The topological polar surface area (TPSA) is 80.1 Å². The summed E-state index contributed by atoms with van der Waals surface area (Å²) in [4.78, 5) is 30.9. The molecule has 6 rings (SSSR count). The minimum Gasteiger partial charge on any atom is -0.352 e. The zero-order valence-electron chi connectivity index (χ0n) is 22.5. The molecule has 2 aromatic heterocycles. The minimum absolute atomic E-state index is 0.133. The molecule has 0 saturated heterocycles. The van der Waals surface area contributed by atoms with Gasteiger partial charge in [0.15, 0.2) is 5.82 Å². The molecule has 1 N–H and O–H groups in total. The van der Waals surface area contributed by atoms with E-state index in [1.54, 1.807) is 54.9 Å². The van der Waals surface area contributed by atoms with Gasteiger partial charge in [0.25, 0.3) is 5.91 Å². The van der Waals surface area contributed by atoms with Crippen LogP contribution >= 0.6 is 11.6 Å². The zero-order valence-corrected chi connectivity index (χ0v) is 23.2. The Morgan fingerprint density at radius 1 is 0.905 bits per heavy atom. The summed E-state index contributed by atoms with van der Waals surface area (Å²) in [6, 6.07) is 25.1. The molecule has 3 aromatic carbocycles. The highest BCUT2D eigenvalue weighted by atomic mass is 35.5. The molecule has 1 aliphatic rings. The average molecular weight is 574 g/mol. The van der Waals surface area contributed by atoms with Crippen molar-refractivity contribution < 1.29 is 9.18 Å². The number of amides is 1. The van der Waals surface area contributed by atoms with E-state index in [4.69, 9.17) is 21.6 Å². The number of pyridine rings is 1. The monoisotopic (exact) mass is 573 g/mol. The molecule has 0 fully saturated rings. The molecule has 0 spiro atoms. The summed E-state index contributed by atoms with van der Waals surface area (Å²) in [7, 11) is 0. The first-order valence-electron chi connectivity index (χ1n) is 13.5. The molecule has 0 aliphatic carbocycles. The van der Waals surface area contributed by atoms with Gasteiger partial charge in [0, 0.05) is 63.9 Å². The quantitative estimate of drug-likeness (QED) is 0.231. The summed E-state index contributed by atoms with van der Waals surface area (Å²) in [5.41, 5.74) is 6.44. The number of fused-ring (bicyclic) bond motifs is 3. The molecular formula is C34H25ClFN5O. The third-order valence-electron chi connectivity index (χ3n) is 6.90. The molecule has 8 heteroatoms. The maximum atomic E-state index is 14.8. The second-order valence-electron chi connectivity index (χ2n) is 9.72. The van der Waals surface area contributed by atoms with Crippen LogP contribution in [0.1, 0.15) is 44.1 Å². The van der Waals surface area contributed by atoms with Crippen LogP contribution in [-0.2, 0) is 13.0 Å². The lowest BCUT2D eigenvalue weighted by molar-refractivity contribution is 0.0954. The molecule has 206 valence electrons. The van der Waals surface area contributed by atoms with Crippen LogP contribution < -0.4 is 5.32 Å². The van der Waals surface area contributed by atoms with Crippen LogP contribution in [0.5, 0.6) is 0 Å². The maximum Gasteiger partial charge on any atom is 0.251 e. The molecule has 0 saturated carbocycles. The van der Waals surface area contributed by atoms with E-state index in [9.17, 15) is 9.18 Å². The molecule has 1 amide bonds. The number of benzene rings is 3. The number of nitrogens with one attached hydrogen (secondary N) is 1. The number of hydrogen-bond acceptors (Lipinski definition) is 5. The molecule has 0 bridgehead atoms. The van der Waals surface area contributed by atoms with Crippen LogP contribution in [-0.4, -0.2) is 33.1 Å². The number of nitrogens with zero attached hydrogens (tertiary/aromatic N) is 4. The Morgan fingerprint density at radius 2 is 1.74 bits per heavy atom. The SMILES string of the molecule is O=C(NCCc1ccccn1)c1ccc(/C=C\c2ncc3c(n2)-c2ccc(Cl)cc2C(c2ccccc2F)=NC3)cc1.